The maximum atomic E-state index is 8.69. The molecule has 0 bridgehead atoms. The molecule has 0 spiro atoms. The summed E-state index contributed by atoms with van der Waals surface area (Å²) < 4.78 is 0. The third kappa shape index (κ3) is 3.36. The maximum Gasteiger partial charge on any atom is 0.107 e. The predicted octanol–water partition coefficient (Wildman–Crippen LogP) is 4.47. The summed E-state index contributed by atoms with van der Waals surface area (Å²) in [4.78, 5) is 4.48. The van der Waals surface area contributed by atoms with Crippen molar-refractivity contribution >= 4 is 11.3 Å². The highest BCUT2D eigenvalue weighted by Crippen LogP contribution is 2.23. The predicted molar refractivity (Wildman–Crippen MR) is 86.1 cm³/mol. The second-order valence-electron chi connectivity index (χ2n) is 4.82. The van der Waals surface area contributed by atoms with Crippen LogP contribution in [0.3, 0.4) is 0 Å². The molecule has 3 aromatic rings. The van der Waals surface area contributed by atoms with E-state index in [1.807, 2.05) is 11.4 Å². The lowest BCUT2D eigenvalue weighted by atomic mass is 10.0. The second kappa shape index (κ2) is 6.34. The number of hydrogen-bond acceptors (Lipinski definition) is 3. The highest BCUT2D eigenvalue weighted by molar-refractivity contribution is 7.10. The van der Waals surface area contributed by atoms with Gasteiger partial charge in [0.2, 0.25) is 0 Å². The van der Waals surface area contributed by atoms with E-state index < -0.39 is 0 Å². The van der Waals surface area contributed by atoms with Gasteiger partial charge in [-0.05, 0) is 17.5 Å². The van der Waals surface area contributed by atoms with Crippen molar-refractivity contribution in [2.75, 3.05) is 0 Å². The second-order valence-corrected chi connectivity index (χ2v) is 5.76. The van der Waals surface area contributed by atoms with Gasteiger partial charge in [-0.2, -0.15) is 5.26 Å². The van der Waals surface area contributed by atoms with E-state index in [2.05, 4.69) is 59.6 Å². The van der Waals surface area contributed by atoms with Crippen LogP contribution >= 0.6 is 11.3 Å². The summed E-state index contributed by atoms with van der Waals surface area (Å²) in [6.07, 6.45) is 1.33. The van der Waals surface area contributed by atoms with Gasteiger partial charge in [0.15, 0.2) is 0 Å². The molecule has 1 aromatic heterocycles. The fourth-order valence-electron chi connectivity index (χ4n) is 2.22. The minimum Gasteiger partial charge on any atom is -0.240 e. The third-order valence-corrected chi connectivity index (χ3v) is 4.13. The summed E-state index contributed by atoms with van der Waals surface area (Å²) in [7, 11) is 0. The Morgan fingerprint density at radius 1 is 0.952 bits per heavy atom. The van der Waals surface area contributed by atoms with E-state index in [1.54, 1.807) is 11.3 Å². The quantitative estimate of drug-likeness (QED) is 0.711. The fourth-order valence-corrected chi connectivity index (χ4v) is 2.95. The summed E-state index contributed by atoms with van der Waals surface area (Å²) in [5, 5.41) is 11.6. The smallest absolute Gasteiger partial charge is 0.107 e. The van der Waals surface area contributed by atoms with Gasteiger partial charge in [-0.25, -0.2) is 4.98 Å². The molecule has 0 N–H and O–H groups in total. The number of thiazole rings is 1. The molecule has 0 amide bonds. The fraction of sp³-hybridized carbons (Fsp3) is 0.111. The first-order chi connectivity index (χ1) is 10.3. The van der Waals surface area contributed by atoms with Gasteiger partial charge < -0.3 is 0 Å². The highest BCUT2D eigenvalue weighted by atomic mass is 32.1. The molecule has 0 fully saturated rings. The molecule has 1 heterocycles. The lowest BCUT2D eigenvalue weighted by Crippen LogP contribution is -1.88. The van der Waals surface area contributed by atoms with E-state index >= 15 is 0 Å². The van der Waals surface area contributed by atoms with E-state index in [9.17, 15) is 0 Å². The molecule has 0 aliphatic rings. The van der Waals surface area contributed by atoms with Crippen molar-refractivity contribution in [1.82, 2.24) is 4.98 Å². The number of hydrogen-bond donors (Lipinski definition) is 0. The molecule has 2 aromatic carbocycles. The average Bonchev–Trinajstić information content (AvgIpc) is 2.98. The van der Waals surface area contributed by atoms with Crippen molar-refractivity contribution in [3.63, 3.8) is 0 Å². The molecule has 0 atom stereocenters. The van der Waals surface area contributed by atoms with Crippen molar-refractivity contribution in [2.24, 2.45) is 0 Å². The van der Waals surface area contributed by atoms with Gasteiger partial charge in [-0.15, -0.1) is 11.3 Å². The molecule has 0 unspecified atom stereocenters. The molecule has 0 aliphatic heterocycles. The third-order valence-electron chi connectivity index (χ3n) is 3.28. The Morgan fingerprint density at radius 3 is 2.38 bits per heavy atom. The molecular weight excluding hydrogens is 276 g/mol. The summed E-state index contributed by atoms with van der Waals surface area (Å²) in [6, 6.07) is 21.1. The Balaban J connectivity index is 1.76. The normalized spacial score (nSPS) is 10.2. The average molecular weight is 290 g/mol. The van der Waals surface area contributed by atoms with Gasteiger partial charge in [-0.1, -0.05) is 54.6 Å². The summed E-state index contributed by atoms with van der Waals surface area (Å²) in [5.41, 5.74) is 4.66. The zero-order valence-electron chi connectivity index (χ0n) is 11.5. The molecular formula is C18H14N2S. The van der Waals surface area contributed by atoms with Crippen molar-refractivity contribution in [3.8, 4) is 17.3 Å². The number of aromatic nitrogens is 1. The SMILES string of the molecule is N#CCc1nc(-c2ccc(Cc3ccccc3)cc2)cs1. The van der Waals surface area contributed by atoms with Crippen LogP contribution < -0.4 is 0 Å². The molecule has 0 saturated heterocycles. The van der Waals surface area contributed by atoms with Crippen LogP contribution in [0, 0.1) is 11.3 Å². The number of nitrogens with zero attached hydrogens (tertiary/aromatic N) is 2. The summed E-state index contributed by atoms with van der Waals surface area (Å²) in [6.45, 7) is 0. The van der Waals surface area contributed by atoms with Crippen molar-refractivity contribution in [3.05, 3.63) is 76.1 Å². The lowest BCUT2D eigenvalue weighted by molar-refractivity contribution is 1.18. The summed E-state index contributed by atoms with van der Waals surface area (Å²) >= 11 is 1.54. The molecule has 0 radical (unpaired) electrons. The van der Waals surface area contributed by atoms with Crippen LogP contribution in [0.1, 0.15) is 16.1 Å². The van der Waals surface area contributed by atoms with Gasteiger partial charge in [0.05, 0.1) is 18.2 Å². The first-order valence-corrected chi connectivity index (χ1v) is 7.68. The first kappa shape index (κ1) is 13.5. The van der Waals surface area contributed by atoms with E-state index in [4.69, 9.17) is 5.26 Å². The Labute approximate surface area is 128 Å². The molecule has 102 valence electrons. The van der Waals surface area contributed by atoms with Crippen LogP contribution in [0.15, 0.2) is 60.0 Å². The molecule has 3 heteroatoms. The number of rotatable bonds is 4. The standard InChI is InChI=1S/C18H14N2S/c19-11-10-18-20-17(13-21-18)16-8-6-15(7-9-16)12-14-4-2-1-3-5-14/h1-9,13H,10,12H2. The highest BCUT2D eigenvalue weighted by Gasteiger charge is 2.04. The number of benzene rings is 2. The van der Waals surface area contributed by atoms with E-state index in [1.165, 1.54) is 11.1 Å². The Hall–Kier alpha value is -2.44. The van der Waals surface area contributed by atoms with Crippen molar-refractivity contribution < 1.29 is 0 Å². The van der Waals surface area contributed by atoms with Crippen LogP contribution in [0.25, 0.3) is 11.3 Å². The molecule has 21 heavy (non-hydrogen) atoms. The minimum absolute atomic E-state index is 0.386. The topological polar surface area (TPSA) is 36.7 Å². The van der Waals surface area contributed by atoms with E-state index in [0.717, 1.165) is 22.7 Å². The van der Waals surface area contributed by atoms with Gasteiger partial charge >= 0.3 is 0 Å². The Morgan fingerprint density at radius 2 is 1.67 bits per heavy atom. The largest absolute Gasteiger partial charge is 0.240 e. The molecule has 0 saturated carbocycles. The lowest BCUT2D eigenvalue weighted by Gasteiger charge is -2.03. The zero-order valence-corrected chi connectivity index (χ0v) is 12.3. The number of nitriles is 1. The van der Waals surface area contributed by atoms with Crippen molar-refractivity contribution in [2.45, 2.75) is 12.8 Å². The Bertz CT molecular complexity index is 752. The van der Waals surface area contributed by atoms with Gasteiger partial charge in [0.1, 0.15) is 5.01 Å². The van der Waals surface area contributed by atoms with Gasteiger partial charge in [0, 0.05) is 10.9 Å². The Kier molecular flexibility index (Phi) is 4.09. The maximum absolute atomic E-state index is 8.69. The van der Waals surface area contributed by atoms with Gasteiger partial charge in [0.25, 0.3) is 0 Å². The van der Waals surface area contributed by atoms with Crippen LogP contribution in [0.5, 0.6) is 0 Å². The van der Waals surface area contributed by atoms with Crippen LogP contribution in [-0.2, 0) is 12.8 Å². The van der Waals surface area contributed by atoms with E-state index in [0.29, 0.717) is 6.42 Å². The van der Waals surface area contributed by atoms with Crippen LogP contribution in [0.2, 0.25) is 0 Å². The van der Waals surface area contributed by atoms with E-state index in [-0.39, 0.29) is 0 Å². The molecule has 2 nitrogen and oxygen atoms in total. The first-order valence-electron chi connectivity index (χ1n) is 6.80. The zero-order chi connectivity index (χ0) is 14.5. The van der Waals surface area contributed by atoms with Crippen molar-refractivity contribution in [1.29, 1.82) is 5.26 Å². The molecule has 0 aliphatic carbocycles. The monoisotopic (exact) mass is 290 g/mol. The van der Waals surface area contributed by atoms with Crippen LogP contribution in [0.4, 0.5) is 0 Å². The summed E-state index contributed by atoms with van der Waals surface area (Å²) in [5.74, 6) is 0. The molecule has 3 rings (SSSR count). The van der Waals surface area contributed by atoms with Crippen LogP contribution in [-0.4, -0.2) is 4.98 Å². The minimum atomic E-state index is 0.386. The van der Waals surface area contributed by atoms with Gasteiger partial charge in [-0.3, -0.25) is 0 Å².